The molecule has 1 aliphatic rings. The first-order chi connectivity index (χ1) is 9.49. The lowest BCUT2D eigenvalue weighted by atomic mass is 9.95. The van der Waals surface area contributed by atoms with Crippen molar-refractivity contribution >= 4 is 11.9 Å². The van der Waals surface area contributed by atoms with Crippen LogP contribution in [0.3, 0.4) is 0 Å². The fraction of sp³-hybridized carbons (Fsp3) is 0.533. The normalized spacial score (nSPS) is 25.4. The average Bonchev–Trinajstić information content (AvgIpc) is 2.81. The topological polar surface area (TPSA) is 70.5 Å². The monoisotopic (exact) mass is 276 g/mol. The maximum atomic E-state index is 12.5. The number of carboxylic acids is 1. The van der Waals surface area contributed by atoms with Gasteiger partial charge in [0.2, 0.25) is 5.91 Å². The predicted octanol–water partition coefficient (Wildman–Crippen LogP) is 1.79. The van der Waals surface area contributed by atoms with Crippen LogP contribution in [0.4, 0.5) is 0 Å². The minimum absolute atomic E-state index is 0.0708. The number of amides is 1. The molecule has 1 heterocycles. The summed E-state index contributed by atoms with van der Waals surface area (Å²) in [5.74, 6) is -1.57. The molecule has 1 saturated carbocycles. The summed E-state index contributed by atoms with van der Waals surface area (Å²) in [6.07, 6.45) is 4.63. The molecule has 1 aliphatic carbocycles. The number of hydrogen-bond donors (Lipinski definition) is 1. The fourth-order valence-electron chi connectivity index (χ4n) is 2.96. The number of carboxylic acid groups (broad SMARTS) is 1. The molecule has 1 aromatic heterocycles. The van der Waals surface area contributed by atoms with Gasteiger partial charge in [0.15, 0.2) is 0 Å². The summed E-state index contributed by atoms with van der Waals surface area (Å²) in [7, 11) is 1.73. The fourth-order valence-corrected chi connectivity index (χ4v) is 2.96. The van der Waals surface area contributed by atoms with Crippen molar-refractivity contribution in [1.82, 2.24) is 9.88 Å². The van der Waals surface area contributed by atoms with Gasteiger partial charge in [0.1, 0.15) is 0 Å². The van der Waals surface area contributed by atoms with Gasteiger partial charge in [-0.2, -0.15) is 0 Å². The Morgan fingerprint density at radius 3 is 2.50 bits per heavy atom. The van der Waals surface area contributed by atoms with Gasteiger partial charge in [-0.15, -0.1) is 0 Å². The molecule has 20 heavy (non-hydrogen) atoms. The Morgan fingerprint density at radius 2 is 1.90 bits per heavy atom. The zero-order valence-electron chi connectivity index (χ0n) is 11.8. The summed E-state index contributed by atoms with van der Waals surface area (Å²) >= 11 is 0. The van der Waals surface area contributed by atoms with E-state index in [0.717, 1.165) is 5.56 Å². The highest BCUT2D eigenvalue weighted by atomic mass is 16.4. The lowest BCUT2D eigenvalue weighted by Crippen LogP contribution is -2.36. The molecule has 3 atom stereocenters. The molecular formula is C15H20N2O3. The van der Waals surface area contributed by atoms with Crippen LogP contribution in [0.1, 0.15) is 25.3 Å². The van der Waals surface area contributed by atoms with Gasteiger partial charge in [-0.25, -0.2) is 0 Å². The van der Waals surface area contributed by atoms with Crippen LogP contribution in [0.2, 0.25) is 0 Å². The minimum atomic E-state index is -0.856. The molecule has 1 aromatic rings. The minimum Gasteiger partial charge on any atom is -0.481 e. The maximum absolute atomic E-state index is 12.5. The molecule has 0 radical (unpaired) electrons. The molecule has 2 rings (SSSR count). The molecule has 5 nitrogen and oxygen atoms in total. The highest BCUT2D eigenvalue weighted by Crippen LogP contribution is 2.37. The molecule has 1 amide bonds. The van der Waals surface area contributed by atoms with Gasteiger partial charge in [-0.3, -0.25) is 14.6 Å². The zero-order chi connectivity index (χ0) is 14.7. The van der Waals surface area contributed by atoms with Crippen molar-refractivity contribution in [2.45, 2.75) is 26.3 Å². The van der Waals surface area contributed by atoms with E-state index in [1.54, 1.807) is 24.3 Å². The van der Waals surface area contributed by atoms with Gasteiger partial charge in [-0.05, 0) is 36.5 Å². The summed E-state index contributed by atoms with van der Waals surface area (Å²) < 4.78 is 0. The number of carbonyl (C=O) groups is 2. The first-order valence-electron chi connectivity index (χ1n) is 6.85. The second-order valence-electron chi connectivity index (χ2n) is 5.68. The molecular weight excluding hydrogens is 256 g/mol. The maximum Gasteiger partial charge on any atom is 0.307 e. The number of aromatic nitrogens is 1. The largest absolute Gasteiger partial charge is 0.481 e. The third-order valence-corrected chi connectivity index (χ3v) is 3.98. The van der Waals surface area contributed by atoms with E-state index in [4.69, 9.17) is 0 Å². The van der Waals surface area contributed by atoms with E-state index in [1.165, 1.54) is 0 Å². The molecule has 108 valence electrons. The first kappa shape index (κ1) is 14.5. The van der Waals surface area contributed by atoms with E-state index in [1.807, 2.05) is 19.1 Å². The molecule has 0 bridgehead atoms. The predicted molar refractivity (Wildman–Crippen MR) is 73.7 cm³/mol. The van der Waals surface area contributed by atoms with Crippen LogP contribution < -0.4 is 0 Å². The van der Waals surface area contributed by atoms with Crippen LogP contribution in [0.5, 0.6) is 0 Å². The Kier molecular flexibility index (Phi) is 4.37. The standard InChI is InChI=1S/C15H20N2O3/c1-10-7-12(13(8-10)15(19)20)14(18)17(2)9-11-3-5-16-6-4-11/h3-6,10,12-13H,7-9H2,1-2H3,(H,19,20). The second-order valence-corrected chi connectivity index (χ2v) is 5.68. The van der Waals surface area contributed by atoms with E-state index in [0.29, 0.717) is 25.3 Å². The van der Waals surface area contributed by atoms with Crippen LogP contribution in [0.15, 0.2) is 24.5 Å². The SMILES string of the molecule is CC1CC(C(=O)O)C(C(=O)N(C)Cc2ccncc2)C1. The lowest BCUT2D eigenvalue weighted by molar-refractivity contribution is -0.148. The van der Waals surface area contributed by atoms with Crippen molar-refractivity contribution in [3.8, 4) is 0 Å². The van der Waals surface area contributed by atoms with Crippen molar-refractivity contribution in [1.29, 1.82) is 0 Å². The summed E-state index contributed by atoms with van der Waals surface area (Å²) in [6, 6.07) is 3.71. The van der Waals surface area contributed by atoms with E-state index in [2.05, 4.69) is 4.98 Å². The number of hydrogen-bond acceptors (Lipinski definition) is 3. The van der Waals surface area contributed by atoms with Gasteiger partial charge in [0.05, 0.1) is 11.8 Å². The van der Waals surface area contributed by atoms with Gasteiger partial charge in [0.25, 0.3) is 0 Å². The van der Waals surface area contributed by atoms with Crippen LogP contribution in [0.25, 0.3) is 0 Å². The Bertz CT molecular complexity index is 489. The quantitative estimate of drug-likeness (QED) is 0.910. The number of nitrogens with zero attached hydrogens (tertiary/aromatic N) is 2. The number of aliphatic carboxylic acids is 1. The molecule has 0 saturated heterocycles. The highest BCUT2D eigenvalue weighted by Gasteiger charge is 2.42. The van der Waals surface area contributed by atoms with Crippen LogP contribution >= 0.6 is 0 Å². The van der Waals surface area contributed by atoms with Crippen molar-refractivity contribution in [2.75, 3.05) is 7.05 Å². The average molecular weight is 276 g/mol. The van der Waals surface area contributed by atoms with Gasteiger partial charge in [-0.1, -0.05) is 6.92 Å². The van der Waals surface area contributed by atoms with E-state index in [9.17, 15) is 14.7 Å². The Labute approximate surface area is 118 Å². The molecule has 3 unspecified atom stereocenters. The summed E-state index contributed by atoms with van der Waals surface area (Å²) in [5, 5.41) is 9.24. The smallest absolute Gasteiger partial charge is 0.307 e. The van der Waals surface area contributed by atoms with Crippen LogP contribution in [-0.2, 0) is 16.1 Å². The van der Waals surface area contributed by atoms with Crippen molar-refractivity contribution in [3.05, 3.63) is 30.1 Å². The molecule has 0 spiro atoms. The molecule has 0 aromatic carbocycles. The van der Waals surface area contributed by atoms with E-state index >= 15 is 0 Å². The summed E-state index contributed by atoms with van der Waals surface area (Å²) in [6.45, 7) is 2.49. The highest BCUT2D eigenvalue weighted by molar-refractivity contribution is 5.85. The molecule has 1 N–H and O–H groups in total. The molecule has 0 aliphatic heterocycles. The Hall–Kier alpha value is -1.91. The third kappa shape index (κ3) is 3.15. The van der Waals surface area contributed by atoms with Gasteiger partial charge in [0, 0.05) is 26.0 Å². The van der Waals surface area contributed by atoms with Crippen LogP contribution in [0, 0.1) is 17.8 Å². The third-order valence-electron chi connectivity index (χ3n) is 3.98. The van der Waals surface area contributed by atoms with Gasteiger partial charge < -0.3 is 10.0 Å². The Morgan fingerprint density at radius 1 is 1.30 bits per heavy atom. The van der Waals surface area contributed by atoms with Gasteiger partial charge >= 0.3 is 5.97 Å². The Balaban J connectivity index is 2.04. The molecule has 5 heteroatoms. The number of pyridine rings is 1. The van der Waals surface area contributed by atoms with Crippen LogP contribution in [-0.4, -0.2) is 33.9 Å². The zero-order valence-corrected chi connectivity index (χ0v) is 11.8. The summed E-state index contributed by atoms with van der Waals surface area (Å²) in [5.41, 5.74) is 0.994. The molecule has 1 fully saturated rings. The number of rotatable bonds is 4. The van der Waals surface area contributed by atoms with E-state index in [-0.39, 0.29) is 5.91 Å². The van der Waals surface area contributed by atoms with E-state index < -0.39 is 17.8 Å². The second kappa shape index (κ2) is 6.03. The first-order valence-corrected chi connectivity index (χ1v) is 6.85. The lowest BCUT2D eigenvalue weighted by Gasteiger charge is -2.23. The number of carbonyl (C=O) groups excluding carboxylic acids is 1. The van der Waals surface area contributed by atoms with Crippen molar-refractivity contribution in [2.24, 2.45) is 17.8 Å². The van der Waals surface area contributed by atoms with Crippen molar-refractivity contribution in [3.63, 3.8) is 0 Å². The summed E-state index contributed by atoms with van der Waals surface area (Å²) in [4.78, 5) is 29.3. The van der Waals surface area contributed by atoms with Crippen molar-refractivity contribution < 1.29 is 14.7 Å².